The fourth-order valence-electron chi connectivity index (χ4n) is 2.00. The number of hydrogen-bond acceptors (Lipinski definition) is 4. The molecule has 21 heavy (non-hydrogen) atoms. The molecule has 0 aliphatic heterocycles. The predicted molar refractivity (Wildman–Crippen MR) is 87.9 cm³/mol. The van der Waals surface area contributed by atoms with Crippen LogP contribution in [0, 0.1) is 0 Å². The molecule has 0 saturated carbocycles. The Morgan fingerprint density at radius 1 is 1.33 bits per heavy atom. The SMILES string of the molecule is CC(Cc1ccccc1)NS(=O)(=O)c1cc(CO)sc1Br. The molecule has 7 heteroatoms. The Labute approximate surface area is 137 Å². The summed E-state index contributed by atoms with van der Waals surface area (Å²) >= 11 is 4.46. The summed E-state index contributed by atoms with van der Waals surface area (Å²) in [6.07, 6.45) is 0.620. The van der Waals surface area contributed by atoms with Gasteiger partial charge in [0, 0.05) is 10.9 Å². The van der Waals surface area contributed by atoms with Gasteiger partial charge in [0.1, 0.15) is 4.90 Å². The monoisotopic (exact) mass is 389 g/mol. The van der Waals surface area contributed by atoms with Crippen molar-refractivity contribution < 1.29 is 13.5 Å². The summed E-state index contributed by atoms with van der Waals surface area (Å²) < 4.78 is 27.9. The lowest BCUT2D eigenvalue weighted by molar-refractivity contribution is 0.285. The van der Waals surface area contributed by atoms with E-state index < -0.39 is 10.0 Å². The lowest BCUT2D eigenvalue weighted by Gasteiger charge is -2.14. The van der Waals surface area contributed by atoms with E-state index in [0.717, 1.165) is 5.56 Å². The highest BCUT2D eigenvalue weighted by Crippen LogP contribution is 2.31. The Morgan fingerprint density at radius 3 is 2.57 bits per heavy atom. The fraction of sp³-hybridized carbons (Fsp3) is 0.286. The third-order valence-corrected chi connectivity index (χ3v) is 6.72. The van der Waals surface area contributed by atoms with Crippen molar-refractivity contribution in [2.45, 2.75) is 30.9 Å². The molecule has 0 aliphatic carbocycles. The van der Waals surface area contributed by atoms with E-state index in [1.807, 2.05) is 37.3 Å². The Balaban J connectivity index is 2.11. The van der Waals surface area contributed by atoms with Crippen LogP contribution in [0.4, 0.5) is 0 Å². The van der Waals surface area contributed by atoms with E-state index in [0.29, 0.717) is 15.1 Å². The van der Waals surface area contributed by atoms with Crippen molar-refractivity contribution in [3.8, 4) is 0 Å². The van der Waals surface area contributed by atoms with E-state index in [1.165, 1.54) is 17.4 Å². The van der Waals surface area contributed by atoms with Gasteiger partial charge in [0.05, 0.1) is 10.4 Å². The second-order valence-electron chi connectivity index (χ2n) is 4.72. The van der Waals surface area contributed by atoms with Gasteiger partial charge in [0.2, 0.25) is 10.0 Å². The number of nitrogens with one attached hydrogen (secondary N) is 1. The number of aliphatic hydroxyl groups excluding tert-OH is 1. The van der Waals surface area contributed by atoms with E-state index in [4.69, 9.17) is 5.11 Å². The Morgan fingerprint density at radius 2 is 2.00 bits per heavy atom. The van der Waals surface area contributed by atoms with Crippen LogP contribution >= 0.6 is 27.3 Å². The van der Waals surface area contributed by atoms with Gasteiger partial charge in [0.15, 0.2) is 0 Å². The van der Waals surface area contributed by atoms with Crippen molar-refractivity contribution in [3.63, 3.8) is 0 Å². The average Bonchev–Trinajstić information content (AvgIpc) is 2.81. The molecule has 1 aromatic carbocycles. The van der Waals surface area contributed by atoms with Crippen molar-refractivity contribution in [2.24, 2.45) is 0 Å². The summed E-state index contributed by atoms with van der Waals surface area (Å²) in [5.41, 5.74) is 1.08. The number of sulfonamides is 1. The third kappa shape index (κ3) is 4.37. The molecule has 2 aromatic rings. The summed E-state index contributed by atoms with van der Waals surface area (Å²) in [6.45, 7) is 1.66. The predicted octanol–water partition coefficient (Wildman–Crippen LogP) is 2.91. The molecule has 0 radical (unpaired) electrons. The zero-order valence-electron chi connectivity index (χ0n) is 11.4. The van der Waals surface area contributed by atoms with E-state index >= 15 is 0 Å². The largest absolute Gasteiger partial charge is 0.391 e. The molecule has 114 valence electrons. The van der Waals surface area contributed by atoms with Crippen LogP contribution in [-0.2, 0) is 23.1 Å². The van der Waals surface area contributed by atoms with Crippen LogP contribution in [0.15, 0.2) is 45.1 Å². The smallest absolute Gasteiger partial charge is 0.242 e. The van der Waals surface area contributed by atoms with E-state index in [2.05, 4.69) is 20.7 Å². The van der Waals surface area contributed by atoms with Crippen LogP contribution < -0.4 is 4.72 Å². The molecule has 2 N–H and O–H groups in total. The van der Waals surface area contributed by atoms with Gasteiger partial charge in [-0.15, -0.1) is 11.3 Å². The van der Waals surface area contributed by atoms with Gasteiger partial charge in [-0.1, -0.05) is 30.3 Å². The van der Waals surface area contributed by atoms with Crippen molar-refractivity contribution in [3.05, 3.63) is 50.6 Å². The summed E-state index contributed by atoms with van der Waals surface area (Å²) in [5, 5.41) is 9.09. The maximum absolute atomic E-state index is 12.4. The summed E-state index contributed by atoms with van der Waals surface area (Å²) in [6, 6.07) is 11.0. The third-order valence-electron chi connectivity index (χ3n) is 2.89. The molecule has 1 heterocycles. The minimum Gasteiger partial charge on any atom is -0.391 e. The van der Waals surface area contributed by atoms with Crippen molar-refractivity contribution in [1.82, 2.24) is 4.72 Å². The lowest BCUT2D eigenvalue weighted by Crippen LogP contribution is -2.34. The van der Waals surface area contributed by atoms with E-state index in [9.17, 15) is 8.42 Å². The molecule has 1 atom stereocenters. The average molecular weight is 390 g/mol. The molecule has 1 unspecified atom stereocenters. The molecule has 0 spiro atoms. The number of aliphatic hydroxyl groups is 1. The van der Waals surface area contributed by atoms with Crippen LogP contribution in [0.25, 0.3) is 0 Å². The fourth-order valence-corrected chi connectivity index (χ4v) is 5.78. The summed E-state index contributed by atoms with van der Waals surface area (Å²) in [7, 11) is -3.60. The van der Waals surface area contributed by atoms with E-state index in [-0.39, 0.29) is 17.5 Å². The number of halogens is 1. The van der Waals surface area contributed by atoms with Gasteiger partial charge in [-0.05, 0) is 40.9 Å². The standard InChI is InChI=1S/C14H16BrNO3S2/c1-10(7-11-5-3-2-4-6-11)16-21(18,19)13-8-12(9-17)20-14(13)15/h2-6,8,10,16-17H,7,9H2,1H3. The molecule has 2 rings (SSSR count). The van der Waals surface area contributed by atoms with Crippen LogP contribution in [0.3, 0.4) is 0 Å². The number of thiophene rings is 1. The van der Waals surface area contributed by atoms with Gasteiger partial charge in [-0.3, -0.25) is 0 Å². The Hall–Kier alpha value is -0.730. The van der Waals surface area contributed by atoms with Gasteiger partial charge < -0.3 is 5.11 Å². The van der Waals surface area contributed by atoms with Crippen molar-refractivity contribution in [1.29, 1.82) is 0 Å². The van der Waals surface area contributed by atoms with Crippen LogP contribution in [0.1, 0.15) is 17.4 Å². The summed E-state index contributed by atoms with van der Waals surface area (Å²) in [5.74, 6) is 0. The molecule has 0 saturated heterocycles. The molecule has 0 bridgehead atoms. The zero-order valence-corrected chi connectivity index (χ0v) is 14.6. The number of benzene rings is 1. The van der Waals surface area contributed by atoms with Gasteiger partial charge >= 0.3 is 0 Å². The quantitative estimate of drug-likeness (QED) is 0.797. The van der Waals surface area contributed by atoms with E-state index in [1.54, 1.807) is 0 Å². The highest BCUT2D eigenvalue weighted by atomic mass is 79.9. The Bertz CT molecular complexity index is 698. The molecule has 4 nitrogen and oxygen atoms in total. The number of rotatable bonds is 6. The molecule has 0 amide bonds. The highest BCUT2D eigenvalue weighted by Gasteiger charge is 2.22. The van der Waals surface area contributed by atoms with Gasteiger partial charge in [-0.2, -0.15) is 0 Å². The zero-order chi connectivity index (χ0) is 15.5. The molecular formula is C14H16BrNO3S2. The maximum atomic E-state index is 12.4. The molecule has 1 aromatic heterocycles. The Kier molecular flexibility index (Phi) is 5.56. The molecule has 0 fully saturated rings. The first-order valence-corrected chi connectivity index (χ1v) is 9.47. The highest BCUT2D eigenvalue weighted by molar-refractivity contribution is 9.11. The maximum Gasteiger partial charge on any atom is 0.242 e. The van der Waals surface area contributed by atoms with Crippen LogP contribution in [-0.4, -0.2) is 19.6 Å². The topological polar surface area (TPSA) is 66.4 Å². The lowest BCUT2D eigenvalue weighted by atomic mass is 10.1. The second kappa shape index (κ2) is 7.02. The first kappa shape index (κ1) is 16.6. The minimum atomic E-state index is -3.60. The first-order valence-electron chi connectivity index (χ1n) is 6.37. The molecule has 0 aliphatic rings. The molecular weight excluding hydrogens is 374 g/mol. The normalized spacial score (nSPS) is 13.3. The van der Waals surface area contributed by atoms with Crippen molar-refractivity contribution >= 4 is 37.3 Å². The first-order chi connectivity index (χ1) is 9.92. The number of hydrogen-bond donors (Lipinski definition) is 2. The second-order valence-corrected chi connectivity index (χ2v) is 8.86. The summed E-state index contributed by atoms with van der Waals surface area (Å²) in [4.78, 5) is 0.787. The van der Waals surface area contributed by atoms with Gasteiger partial charge in [0.25, 0.3) is 0 Å². The van der Waals surface area contributed by atoms with Crippen LogP contribution in [0.2, 0.25) is 0 Å². The van der Waals surface area contributed by atoms with Crippen molar-refractivity contribution in [2.75, 3.05) is 0 Å². The van der Waals surface area contributed by atoms with Gasteiger partial charge in [-0.25, -0.2) is 13.1 Å². The minimum absolute atomic E-state index is 0.168. The van der Waals surface area contributed by atoms with Crippen LogP contribution in [0.5, 0.6) is 0 Å².